The van der Waals surface area contributed by atoms with Gasteiger partial charge in [0, 0.05) is 19.7 Å². The maximum absolute atomic E-state index is 11.6. The molecule has 0 spiro atoms. The molecule has 0 aromatic carbocycles. The van der Waals surface area contributed by atoms with E-state index in [1.165, 1.54) is 0 Å². The van der Waals surface area contributed by atoms with Gasteiger partial charge >= 0.3 is 6.03 Å². The van der Waals surface area contributed by atoms with Crippen molar-refractivity contribution in [3.63, 3.8) is 0 Å². The van der Waals surface area contributed by atoms with Gasteiger partial charge < -0.3 is 24.8 Å². The van der Waals surface area contributed by atoms with Crippen molar-refractivity contribution < 1.29 is 19.0 Å². The Morgan fingerprint density at radius 1 is 1.28 bits per heavy atom. The van der Waals surface area contributed by atoms with Crippen LogP contribution >= 0.6 is 0 Å². The zero-order valence-corrected chi connectivity index (χ0v) is 10.8. The third-order valence-electron chi connectivity index (χ3n) is 3.41. The smallest absolute Gasteiger partial charge is 0.315 e. The standard InChI is InChI=1S/C12H22N2O4/c1-16-5-4-13-12(15)14-9-2-3-10-11(8-9)18-7-6-17-10/h9-11H,2-8H2,1H3,(H2,13,14,15). The van der Waals surface area contributed by atoms with E-state index in [1.807, 2.05) is 0 Å². The van der Waals surface area contributed by atoms with Crippen LogP contribution in [0.15, 0.2) is 0 Å². The lowest BCUT2D eigenvalue weighted by Crippen LogP contribution is -2.51. The molecule has 1 saturated carbocycles. The number of rotatable bonds is 4. The molecule has 3 atom stereocenters. The highest BCUT2D eigenvalue weighted by Gasteiger charge is 2.34. The van der Waals surface area contributed by atoms with Gasteiger partial charge in [-0.1, -0.05) is 0 Å². The van der Waals surface area contributed by atoms with Crippen LogP contribution < -0.4 is 10.6 Å². The summed E-state index contributed by atoms with van der Waals surface area (Å²) in [5, 5.41) is 5.73. The summed E-state index contributed by atoms with van der Waals surface area (Å²) in [6.45, 7) is 2.41. The van der Waals surface area contributed by atoms with Gasteiger partial charge in [-0.3, -0.25) is 0 Å². The summed E-state index contributed by atoms with van der Waals surface area (Å²) in [7, 11) is 1.61. The molecular weight excluding hydrogens is 236 g/mol. The van der Waals surface area contributed by atoms with Gasteiger partial charge in [-0.25, -0.2) is 4.79 Å². The Balaban J connectivity index is 1.69. The SMILES string of the molecule is COCCNC(=O)NC1CCC2OCCOC2C1. The lowest BCUT2D eigenvalue weighted by Gasteiger charge is -2.39. The average molecular weight is 258 g/mol. The highest BCUT2D eigenvalue weighted by atomic mass is 16.6. The largest absolute Gasteiger partial charge is 0.383 e. The van der Waals surface area contributed by atoms with E-state index in [-0.39, 0.29) is 24.3 Å². The maximum Gasteiger partial charge on any atom is 0.315 e. The van der Waals surface area contributed by atoms with Crippen LogP contribution in [0, 0.1) is 0 Å². The molecule has 2 fully saturated rings. The third kappa shape index (κ3) is 3.83. The molecule has 0 aromatic rings. The maximum atomic E-state index is 11.6. The Morgan fingerprint density at radius 2 is 2.06 bits per heavy atom. The van der Waals surface area contributed by atoms with Crippen molar-refractivity contribution >= 4 is 6.03 Å². The van der Waals surface area contributed by atoms with Crippen LogP contribution in [0.5, 0.6) is 0 Å². The van der Waals surface area contributed by atoms with E-state index in [9.17, 15) is 4.79 Å². The Morgan fingerprint density at radius 3 is 2.83 bits per heavy atom. The number of ether oxygens (including phenoxy) is 3. The number of amides is 2. The number of hydrogen-bond acceptors (Lipinski definition) is 4. The summed E-state index contributed by atoms with van der Waals surface area (Å²) >= 11 is 0. The van der Waals surface area contributed by atoms with Gasteiger partial charge in [0.15, 0.2) is 0 Å². The molecule has 1 aliphatic heterocycles. The molecule has 2 aliphatic rings. The zero-order valence-electron chi connectivity index (χ0n) is 10.8. The second kappa shape index (κ2) is 6.92. The van der Waals surface area contributed by atoms with E-state index in [1.54, 1.807) is 7.11 Å². The van der Waals surface area contributed by atoms with E-state index < -0.39 is 0 Å². The summed E-state index contributed by atoms with van der Waals surface area (Å²) < 4.78 is 16.2. The van der Waals surface area contributed by atoms with Crippen molar-refractivity contribution in [2.24, 2.45) is 0 Å². The van der Waals surface area contributed by atoms with Crippen LogP contribution in [0.1, 0.15) is 19.3 Å². The summed E-state index contributed by atoms with van der Waals surface area (Å²) in [4.78, 5) is 11.6. The minimum atomic E-state index is -0.132. The van der Waals surface area contributed by atoms with Gasteiger partial charge in [0.05, 0.1) is 32.0 Å². The molecule has 6 nitrogen and oxygen atoms in total. The summed E-state index contributed by atoms with van der Waals surface area (Å²) in [6.07, 6.45) is 3.09. The van der Waals surface area contributed by atoms with Crippen molar-refractivity contribution in [3.05, 3.63) is 0 Å². The first kappa shape index (κ1) is 13.6. The van der Waals surface area contributed by atoms with E-state index in [2.05, 4.69) is 10.6 Å². The third-order valence-corrected chi connectivity index (χ3v) is 3.41. The number of urea groups is 1. The van der Waals surface area contributed by atoms with Gasteiger partial charge in [0.2, 0.25) is 0 Å². The van der Waals surface area contributed by atoms with Crippen molar-refractivity contribution in [2.75, 3.05) is 33.5 Å². The number of methoxy groups -OCH3 is 1. The minimum Gasteiger partial charge on any atom is -0.383 e. The van der Waals surface area contributed by atoms with E-state index in [4.69, 9.17) is 14.2 Å². The van der Waals surface area contributed by atoms with Gasteiger partial charge in [-0.05, 0) is 19.3 Å². The molecule has 0 radical (unpaired) electrons. The molecule has 1 aliphatic carbocycles. The molecule has 2 N–H and O–H groups in total. The Hall–Kier alpha value is -0.850. The van der Waals surface area contributed by atoms with Crippen molar-refractivity contribution in [2.45, 2.75) is 37.5 Å². The highest BCUT2D eigenvalue weighted by Crippen LogP contribution is 2.26. The van der Waals surface area contributed by atoms with Crippen LogP contribution in [0.2, 0.25) is 0 Å². The first-order valence-electron chi connectivity index (χ1n) is 6.56. The number of nitrogens with one attached hydrogen (secondary N) is 2. The van der Waals surface area contributed by atoms with Crippen molar-refractivity contribution in [1.29, 1.82) is 0 Å². The first-order chi connectivity index (χ1) is 8.79. The Kier molecular flexibility index (Phi) is 5.22. The van der Waals surface area contributed by atoms with Crippen LogP contribution in [-0.4, -0.2) is 57.8 Å². The van der Waals surface area contributed by atoms with Crippen LogP contribution in [0.25, 0.3) is 0 Å². The lowest BCUT2D eigenvalue weighted by atomic mass is 9.90. The molecular formula is C12H22N2O4. The topological polar surface area (TPSA) is 68.8 Å². The quantitative estimate of drug-likeness (QED) is 0.710. The second-order valence-electron chi connectivity index (χ2n) is 4.72. The molecule has 2 rings (SSSR count). The van der Waals surface area contributed by atoms with Crippen molar-refractivity contribution in [1.82, 2.24) is 10.6 Å². The van der Waals surface area contributed by atoms with Gasteiger partial charge in [-0.15, -0.1) is 0 Å². The summed E-state index contributed by atoms with van der Waals surface area (Å²) in [6, 6.07) is 0.0442. The van der Waals surface area contributed by atoms with Gasteiger partial charge in [0.25, 0.3) is 0 Å². The minimum absolute atomic E-state index is 0.132. The number of carbonyl (C=O) groups is 1. The van der Waals surface area contributed by atoms with E-state index in [0.29, 0.717) is 26.4 Å². The molecule has 1 heterocycles. The Bertz CT molecular complexity index is 275. The molecule has 104 valence electrons. The fourth-order valence-corrected chi connectivity index (χ4v) is 2.50. The van der Waals surface area contributed by atoms with Crippen LogP contribution in [-0.2, 0) is 14.2 Å². The van der Waals surface area contributed by atoms with Crippen LogP contribution in [0.3, 0.4) is 0 Å². The fourth-order valence-electron chi connectivity index (χ4n) is 2.50. The van der Waals surface area contributed by atoms with Crippen molar-refractivity contribution in [3.8, 4) is 0 Å². The molecule has 6 heteroatoms. The summed E-state index contributed by atoms with van der Waals surface area (Å²) in [5.74, 6) is 0. The van der Waals surface area contributed by atoms with E-state index >= 15 is 0 Å². The molecule has 1 saturated heterocycles. The lowest BCUT2D eigenvalue weighted by molar-refractivity contribution is -0.157. The predicted octanol–water partition coefficient (Wildman–Crippen LogP) is 0.269. The number of carbonyl (C=O) groups excluding carboxylic acids is 1. The molecule has 0 aromatic heterocycles. The van der Waals surface area contributed by atoms with E-state index in [0.717, 1.165) is 19.3 Å². The molecule has 18 heavy (non-hydrogen) atoms. The second-order valence-corrected chi connectivity index (χ2v) is 4.72. The highest BCUT2D eigenvalue weighted by molar-refractivity contribution is 5.74. The fraction of sp³-hybridized carbons (Fsp3) is 0.917. The predicted molar refractivity (Wildman–Crippen MR) is 65.5 cm³/mol. The van der Waals surface area contributed by atoms with Crippen LogP contribution in [0.4, 0.5) is 4.79 Å². The normalized spacial score (nSPS) is 31.5. The average Bonchev–Trinajstić information content (AvgIpc) is 2.39. The first-order valence-corrected chi connectivity index (χ1v) is 6.56. The molecule has 2 amide bonds. The van der Waals surface area contributed by atoms with Gasteiger partial charge in [-0.2, -0.15) is 0 Å². The molecule has 0 bridgehead atoms. The summed E-state index contributed by atoms with van der Waals surface area (Å²) in [5.41, 5.74) is 0. The molecule has 3 unspecified atom stereocenters. The zero-order chi connectivity index (χ0) is 12.8. The monoisotopic (exact) mass is 258 g/mol. The number of hydrogen-bond donors (Lipinski definition) is 2. The van der Waals surface area contributed by atoms with Gasteiger partial charge in [0.1, 0.15) is 0 Å². The number of fused-ring (bicyclic) bond motifs is 1. The Labute approximate surface area is 107 Å².